The number of hydrogen-bond acceptors (Lipinski definition) is 4. The number of rotatable bonds is 5. The first-order chi connectivity index (χ1) is 10.0. The number of nitrogen functional groups attached to an aromatic ring is 1. The van der Waals surface area contributed by atoms with Gasteiger partial charge in [-0.05, 0) is 40.9 Å². The highest BCUT2D eigenvalue weighted by molar-refractivity contribution is 9.10. The van der Waals surface area contributed by atoms with E-state index in [0.717, 1.165) is 12.8 Å². The largest absolute Gasteiger partial charge is 0.394 e. The van der Waals surface area contributed by atoms with Crippen molar-refractivity contribution in [2.75, 3.05) is 31.2 Å². The second-order valence-corrected chi connectivity index (χ2v) is 5.75. The predicted octanol–water partition coefficient (Wildman–Crippen LogP) is 1.85. The molecular formula is C14H19BrFN3O2. The van der Waals surface area contributed by atoms with Gasteiger partial charge in [0.1, 0.15) is 5.84 Å². The van der Waals surface area contributed by atoms with Crippen molar-refractivity contribution in [2.45, 2.75) is 18.9 Å². The first-order valence-electron chi connectivity index (χ1n) is 6.84. The van der Waals surface area contributed by atoms with E-state index in [9.17, 15) is 4.39 Å². The van der Waals surface area contributed by atoms with Gasteiger partial charge >= 0.3 is 0 Å². The van der Waals surface area contributed by atoms with Crippen LogP contribution >= 0.6 is 15.9 Å². The zero-order chi connectivity index (χ0) is 15.4. The van der Waals surface area contributed by atoms with Crippen molar-refractivity contribution in [1.82, 2.24) is 0 Å². The lowest BCUT2D eigenvalue weighted by Crippen LogP contribution is -2.38. The number of amidine groups is 1. The van der Waals surface area contributed by atoms with E-state index < -0.39 is 5.82 Å². The van der Waals surface area contributed by atoms with Crippen LogP contribution in [-0.2, 0) is 4.74 Å². The predicted molar refractivity (Wildman–Crippen MR) is 83.4 cm³/mol. The van der Waals surface area contributed by atoms with E-state index in [4.69, 9.17) is 21.0 Å². The maximum absolute atomic E-state index is 14.4. The molecular weight excluding hydrogens is 341 g/mol. The Kier molecular flexibility index (Phi) is 5.55. The van der Waals surface area contributed by atoms with Gasteiger partial charge in [0.2, 0.25) is 0 Å². The zero-order valence-electron chi connectivity index (χ0n) is 11.6. The number of benzene rings is 1. The molecule has 116 valence electrons. The molecule has 0 aliphatic carbocycles. The molecule has 21 heavy (non-hydrogen) atoms. The first-order valence-corrected chi connectivity index (χ1v) is 7.63. The average Bonchev–Trinajstić information content (AvgIpc) is 2.48. The van der Waals surface area contributed by atoms with Crippen LogP contribution in [0.4, 0.5) is 10.1 Å². The van der Waals surface area contributed by atoms with Crippen molar-refractivity contribution < 1.29 is 14.2 Å². The average molecular weight is 360 g/mol. The summed E-state index contributed by atoms with van der Waals surface area (Å²) in [6.07, 6.45) is 1.72. The molecule has 1 aromatic carbocycles. The molecule has 0 amide bonds. The van der Waals surface area contributed by atoms with Crippen LogP contribution in [0.3, 0.4) is 0 Å². The van der Waals surface area contributed by atoms with Crippen molar-refractivity contribution in [3.63, 3.8) is 0 Å². The SMILES string of the molecule is N=C(N)c1ccc(N2CCC(OCCO)CC2)c(F)c1Br. The highest BCUT2D eigenvalue weighted by Gasteiger charge is 2.23. The van der Waals surface area contributed by atoms with Crippen molar-refractivity contribution in [3.8, 4) is 0 Å². The van der Waals surface area contributed by atoms with Crippen LogP contribution in [0, 0.1) is 11.2 Å². The molecule has 1 fully saturated rings. The van der Waals surface area contributed by atoms with Crippen molar-refractivity contribution in [3.05, 3.63) is 28.0 Å². The Bertz CT molecular complexity index is 519. The lowest BCUT2D eigenvalue weighted by Gasteiger charge is -2.34. The third-order valence-corrected chi connectivity index (χ3v) is 4.35. The number of halogens is 2. The Labute approximate surface area is 131 Å². The van der Waals surface area contributed by atoms with Crippen LogP contribution in [0.25, 0.3) is 0 Å². The van der Waals surface area contributed by atoms with Gasteiger partial charge in [0.15, 0.2) is 5.82 Å². The van der Waals surface area contributed by atoms with E-state index in [1.165, 1.54) is 0 Å². The van der Waals surface area contributed by atoms with Crippen LogP contribution in [0.2, 0.25) is 0 Å². The van der Waals surface area contributed by atoms with E-state index in [2.05, 4.69) is 15.9 Å². The molecule has 1 aliphatic rings. The Morgan fingerprint density at radius 1 is 1.48 bits per heavy atom. The van der Waals surface area contributed by atoms with Gasteiger partial charge in [-0.15, -0.1) is 0 Å². The van der Waals surface area contributed by atoms with E-state index >= 15 is 0 Å². The zero-order valence-corrected chi connectivity index (χ0v) is 13.2. The maximum atomic E-state index is 14.4. The summed E-state index contributed by atoms with van der Waals surface area (Å²) in [6, 6.07) is 3.31. The van der Waals surface area contributed by atoms with Crippen LogP contribution < -0.4 is 10.6 Å². The fraction of sp³-hybridized carbons (Fsp3) is 0.500. The molecule has 2 rings (SSSR count). The van der Waals surface area contributed by atoms with Gasteiger partial charge in [-0.3, -0.25) is 5.41 Å². The summed E-state index contributed by atoms with van der Waals surface area (Å²) in [5, 5.41) is 16.2. The second kappa shape index (κ2) is 7.20. The summed E-state index contributed by atoms with van der Waals surface area (Å²) in [6.45, 7) is 1.75. The van der Waals surface area contributed by atoms with Gasteiger partial charge in [-0.2, -0.15) is 0 Å². The lowest BCUT2D eigenvalue weighted by atomic mass is 10.1. The molecule has 1 aliphatic heterocycles. The van der Waals surface area contributed by atoms with Gasteiger partial charge < -0.3 is 20.5 Å². The summed E-state index contributed by atoms with van der Waals surface area (Å²) in [4.78, 5) is 1.96. The molecule has 1 aromatic rings. The number of nitrogens with two attached hydrogens (primary N) is 1. The van der Waals surface area contributed by atoms with Gasteiger partial charge in [-0.1, -0.05) is 0 Å². The minimum absolute atomic E-state index is 0.0221. The smallest absolute Gasteiger partial charge is 0.161 e. The van der Waals surface area contributed by atoms with E-state index in [1.807, 2.05) is 4.90 Å². The van der Waals surface area contributed by atoms with Crippen molar-refractivity contribution in [1.29, 1.82) is 5.41 Å². The Hall–Kier alpha value is -1.18. The molecule has 7 heteroatoms. The fourth-order valence-corrected chi connectivity index (χ4v) is 3.02. The molecule has 0 unspecified atom stereocenters. The fourth-order valence-electron chi connectivity index (χ4n) is 2.47. The topological polar surface area (TPSA) is 82.6 Å². The molecule has 0 radical (unpaired) electrons. The van der Waals surface area contributed by atoms with Crippen LogP contribution in [-0.4, -0.2) is 43.3 Å². The summed E-state index contributed by atoms with van der Waals surface area (Å²) in [5.41, 5.74) is 6.28. The third kappa shape index (κ3) is 3.72. The Morgan fingerprint density at radius 3 is 2.71 bits per heavy atom. The molecule has 4 N–H and O–H groups in total. The minimum Gasteiger partial charge on any atom is -0.394 e. The number of nitrogens with one attached hydrogen (secondary N) is 1. The molecule has 0 bridgehead atoms. The van der Waals surface area contributed by atoms with E-state index in [-0.39, 0.29) is 23.0 Å². The number of aliphatic hydroxyl groups is 1. The van der Waals surface area contributed by atoms with Crippen molar-refractivity contribution >= 4 is 27.5 Å². The monoisotopic (exact) mass is 359 g/mol. The maximum Gasteiger partial charge on any atom is 0.161 e. The van der Waals surface area contributed by atoms with E-state index in [0.29, 0.717) is 30.9 Å². The van der Waals surface area contributed by atoms with Crippen LogP contribution in [0.1, 0.15) is 18.4 Å². The van der Waals surface area contributed by atoms with Crippen molar-refractivity contribution in [2.24, 2.45) is 5.73 Å². The van der Waals surface area contributed by atoms with Gasteiger partial charge in [0.05, 0.1) is 29.5 Å². The van der Waals surface area contributed by atoms with Gasteiger partial charge in [0.25, 0.3) is 0 Å². The number of nitrogens with zero attached hydrogens (tertiary/aromatic N) is 1. The molecule has 0 atom stereocenters. The second-order valence-electron chi connectivity index (χ2n) is 4.95. The normalized spacial score (nSPS) is 16.2. The first kappa shape index (κ1) is 16.2. The molecule has 0 saturated carbocycles. The Morgan fingerprint density at radius 2 is 2.14 bits per heavy atom. The Balaban J connectivity index is 2.07. The molecule has 0 spiro atoms. The van der Waals surface area contributed by atoms with E-state index in [1.54, 1.807) is 12.1 Å². The molecule has 1 heterocycles. The standard InChI is InChI=1S/C14H19BrFN3O2/c15-12-10(14(17)18)1-2-11(13(12)16)19-5-3-9(4-6-19)21-8-7-20/h1-2,9,20H,3-8H2,(H3,17,18). The van der Waals surface area contributed by atoms with Crippen LogP contribution in [0.5, 0.6) is 0 Å². The molecule has 0 aromatic heterocycles. The summed E-state index contributed by atoms with van der Waals surface area (Å²) < 4.78 is 20.1. The third-order valence-electron chi connectivity index (χ3n) is 3.58. The van der Waals surface area contributed by atoms with Gasteiger partial charge in [0, 0.05) is 18.7 Å². The molecule has 5 nitrogen and oxygen atoms in total. The highest BCUT2D eigenvalue weighted by Crippen LogP contribution is 2.31. The molecule has 1 saturated heterocycles. The quantitative estimate of drug-likeness (QED) is 0.553. The van der Waals surface area contributed by atoms with Crippen LogP contribution in [0.15, 0.2) is 16.6 Å². The highest BCUT2D eigenvalue weighted by atomic mass is 79.9. The van der Waals surface area contributed by atoms with Gasteiger partial charge in [-0.25, -0.2) is 4.39 Å². The summed E-state index contributed by atoms with van der Waals surface area (Å²) >= 11 is 3.17. The lowest BCUT2D eigenvalue weighted by molar-refractivity contribution is 0.0158. The number of ether oxygens (including phenoxy) is 1. The number of piperidine rings is 1. The number of anilines is 1. The number of hydrogen-bond donors (Lipinski definition) is 3. The summed E-state index contributed by atoms with van der Waals surface area (Å²) in [7, 11) is 0. The number of aliphatic hydroxyl groups excluding tert-OH is 1. The summed E-state index contributed by atoms with van der Waals surface area (Å²) in [5.74, 6) is -0.555. The minimum atomic E-state index is -0.391.